The van der Waals surface area contributed by atoms with E-state index in [1.807, 2.05) is 19.9 Å². The van der Waals surface area contributed by atoms with E-state index in [1.165, 1.54) is 17.6 Å². The van der Waals surface area contributed by atoms with E-state index in [9.17, 15) is 4.39 Å². The SMILES string of the molecule is C=C(CC)c1cc(CF)sc1C(C)C=N. The molecule has 0 aromatic carbocycles. The van der Waals surface area contributed by atoms with E-state index in [1.54, 1.807) is 0 Å². The minimum absolute atomic E-state index is 0.0496. The lowest BCUT2D eigenvalue weighted by Gasteiger charge is -2.07. The number of hydrogen-bond donors (Lipinski definition) is 1. The zero-order valence-electron chi connectivity index (χ0n) is 9.14. The van der Waals surface area contributed by atoms with Crippen LogP contribution in [0.1, 0.15) is 41.5 Å². The monoisotopic (exact) mass is 225 g/mol. The summed E-state index contributed by atoms with van der Waals surface area (Å²) in [6.07, 6.45) is 2.25. The average Bonchev–Trinajstić information content (AvgIpc) is 2.70. The molecule has 0 saturated heterocycles. The van der Waals surface area contributed by atoms with Gasteiger partial charge in [0, 0.05) is 21.9 Å². The fraction of sp³-hybridized carbons (Fsp3) is 0.417. The molecule has 1 heterocycles. The predicted octanol–water partition coefficient (Wildman–Crippen LogP) is 4.39. The molecule has 1 N–H and O–H groups in total. The maximum absolute atomic E-state index is 12.6. The fourth-order valence-corrected chi connectivity index (χ4v) is 2.49. The van der Waals surface area contributed by atoms with Gasteiger partial charge in [-0.25, -0.2) is 4.39 Å². The lowest BCUT2D eigenvalue weighted by Crippen LogP contribution is -1.94. The number of hydrogen-bond acceptors (Lipinski definition) is 2. The highest BCUT2D eigenvalue weighted by atomic mass is 32.1. The zero-order chi connectivity index (χ0) is 11.4. The molecule has 0 spiro atoms. The topological polar surface area (TPSA) is 23.9 Å². The van der Waals surface area contributed by atoms with Crippen LogP contribution in [0.4, 0.5) is 4.39 Å². The second-order valence-corrected chi connectivity index (χ2v) is 4.71. The van der Waals surface area contributed by atoms with Crippen LogP contribution in [-0.4, -0.2) is 6.21 Å². The highest BCUT2D eigenvalue weighted by Gasteiger charge is 2.14. The molecule has 1 aromatic heterocycles. The maximum atomic E-state index is 12.6. The van der Waals surface area contributed by atoms with Gasteiger partial charge >= 0.3 is 0 Å². The van der Waals surface area contributed by atoms with Gasteiger partial charge in [-0.3, -0.25) is 0 Å². The van der Waals surface area contributed by atoms with Crippen molar-refractivity contribution in [1.29, 1.82) is 5.41 Å². The van der Waals surface area contributed by atoms with Crippen molar-refractivity contribution in [1.82, 2.24) is 0 Å². The number of nitrogens with one attached hydrogen (secondary N) is 1. The molecule has 1 aromatic rings. The van der Waals surface area contributed by atoms with Gasteiger partial charge in [0.25, 0.3) is 0 Å². The third-order valence-electron chi connectivity index (χ3n) is 2.41. The highest BCUT2D eigenvalue weighted by molar-refractivity contribution is 7.12. The highest BCUT2D eigenvalue weighted by Crippen LogP contribution is 2.34. The van der Waals surface area contributed by atoms with Gasteiger partial charge in [0.15, 0.2) is 0 Å². The van der Waals surface area contributed by atoms with Gasteiger partial charge in [-0.1, -0.05) is 20.4 Å². The first-order valence-electron chi connectivity index (χ1n) is 5.01. The number of halogens is 1. The molecule has 1 atom stereocenters. The van der Waals surface area contributed by atoms with Gasteiger partial charge in [0.05, 0.1) is 0 Å². The van der Waals surface area contributed by atoms with Crippen LogP contribution in [0.15, 0.2) is 12.6 Å². The van der Waals surface area contributed by atoms with Gasteiger partial charge in [0.2, 0.25) is 0 Å². The first-order valence-corrected chi connectivity index (χ1v) is 5.83. The lowest BCUT2D eigenvalue weighted by molar-refractivity contribution is 0.491. The smallest absolute Gasteiger partial charge is 0.124 e. The lowest BCUT2D eigenvalue weighted by atomic mass is 10.0. The molecule has 0 aliphatic rings. The summed E-state index contributed by atoms with van der Waals surface area (Å²) in [6, 6.07) is 1.87. The molecule has 0 saturated carbocycles. The first-order chi connectivity index (χ1) is 7.13. The van der Waals surface area contributed by atoms with Crippen molar-refractivity contribution in [3.05, 3.63) is 28.0 Å². The number of alkyl halides is 1. The Morgan fingerprint density at radius 2 is 2.40 bits per heavy atom. The van der Waals surface area contributed by atoms with Gasteiger partial charge in [0.1, 0.15) is 6.67 Å². The molecule has 0 aliphatic heterocycles. The molecule has 0 amide bonds. The summed E-state index contributed by atoms with van der Waals surface area (Å²) in [5.41, 5.74) is 2.06. The molecule has 15 heavy (non-hydrogen) atoms. The summed E-state index contributed by atoms with van der Waals surface area (Å²) in [5, 5.41) is 7.27. The van der Waals surface area contributed by atoms with Crippen LogP contribution in [0.2, 0.25) is 0 Å². The Morgan fingerprint density at radius 1 is 1.73 bits per heavy atom. The molecular weight excluding hydrogens is 209 g/mol. The summed E-state index contributed by atoms with van der Waals surface area (Å²) in [4.78, 5) is 1.79. The summed E-state index contributed by atoms with van der Waals surface area (Å²) < 4.78 is 12.6. The maximum Gasteiger partial charge on any atom is 0.124 e. The van der Waals surface area contributed by atoms with Crippen molar-refractivity contribution in [2.45, 2.75) is 32.9 Å². The fourth-order valence-electron chi connectivity index (χ4n) is 1.40. The molecular formula is C12H16FNS. The Balaban J connectivity index is 3.16. The van der Waals surface area contributed by atoms with Crippen molar-refractivity contribution in [3.8, 4) is 0 Å². The second kappa shape index (κ2) is 5.21. The Morgan fingerprint density at radius 3 is 2.87 bits per heavy atom. The Hall–Kier alpha value is -0.960. The minimum atomic E-state index is -0.431. The van der Waals surface area contributed by atoms with Gasteiger partial charge < -0.3 is 5.41 Å². The third-order valence-corrected chi connectivity index (χ3v) is 3.72. The quantitative estimate of drug-likeness (QED) is 0.718. The Kier molecular flexibility index (Phi) is 4.21. The van der Waals surface area contributed by atoms with Crippen LogP contribution in [-0.2, 0) is 6.67 Å². The van der Waals surface area contributed by atoms with E-state index in [2.05, 4.69) is 6.58 Å². The van der Waals surface area contributed by atoms with Crippen LogP contribution >= 0.6 is 11.3 Å². The van der Waals surface area contributed by atoms with Gasteiger partial charge in [-0.05, 0) is 23.6 Å². The van der Waals surface area contributed by atoms with Crippen LogP contribution in [0.25, 0.3) is 5.57 Å². The van der Waals surface area contributed by atoms with E-state index >= 15 is 0 Å². The molecule has 1 rings (SSSR count). The molecule has 3 heteroatoms. The standard InChI is InChI=1S/C12H16FNS/c1-4-8(2)11-5-10(6-13)15-12(11)9(3)7-14/h5,7,9,14H,2,4,6H2,1,3H3. The summed E-state index contributed by atoms with van der Waals surface area (Å²) in [7, 11) is 0. The predicted molar refractivity (Wildman–Crippen MR) is 65.7 cm³/mol. The summed E-state index contributed by atoms with van der Waals surface area (Å²) in [5.74, 6) is 0.0496. The van der Waals surface area contributed by atoms with E-state index in [0.717, 1.165) is 27.3 Å². The molecule has 0 radical (unpaired) electrons. The second-order valence-electron chi connectivity index (χ2n) is 3.54. The normalized spacial score (nSPS) is 12.5. The van der Waals surface area contributed by atoms with Crippen molar-refractivity contribution < 1.29 is 4.39 Å². The summed E-state index contributed by atoms with van der Waals surface area (Å²) >= 11 is 1.45. The van der Waals surface area contributed by atoms with Crippen molar-refractivity contribution in [3.63, 3.8) is 0 Å². The molecule has 1 nitrogen and oxygen atoms in total. The molecule has 0 bridgehead atoms. The van der Waals surface area contributed by atoms with Crippen LogP contribution in [0, 0.1) is 5.41 Å². The van der Waals surface area contributed by atoms with Gasteiger partial charge in [-0.2, -0.15) is 0 Å². The van der Waals surface area contributed by atoms with E-state index in [-0.39, 0.29) is 5.92 Å². The zero-order valence-corrected chi connectivity index (χ0v) is 9.96. The van der Waals surface area contributed by atoms with E-state index < -0.39 is 6.67 Å². The van der Waals surface area contributed by atoms with Crippen LogP contribution in [0.3, 0.4) is 0 Å². The number of allylic oxidation sites excluding steroid dienone is 1. The molecule has 0 aliphatic carbocycles. The third kappa shape index (κ3) is 2.53. The van der Waals surface area contributed by atoms with Crippen molar-refractivity contribution in [2.24, 2.45) is 0 Å². The Labute approximate surface area is 94.2 Å². The average molecular weight is 225 g/mol. The van der Waals surface area contributed by atoms with Crippen LogP contribution < -0.4 is 0 Å². The van der Waals surface area contributed by atoms with Crippen LogP contribution in [0.5, 0.6) is 0 Å². The number of rotatable bonds is 5. The molecule has 1 unspecified atom stereocenters. The van der Waals surface area contributed by atoms with Crippen molar-refractivity contribution >= 4 is 23.1 Å². The summed E-state index contributed by atoms with van der Waals surface area (Å²) in [6.45, 7) is 7.53. The first kappa shape index (κ1) is 12.1. The Bertz CT molecular complexity index is 368. The largest absolute Gasteiger partial charge is 0.312 e. The molecule has 82 valence electrons. The number of thiophene rings is 1. The molecule has 0 fully saturated rings. The van der Waals surface area contributed by atoms with E-state index in [0.29, 0.717) is 0 Å². The van der Waals surface area contributed by atoms with Gasteiger partial charge in [-0.15, -0.1) is 11.3 Å². The minimum Gasteiger partial charge on any atom is -0.312 e. The van der Waals surface area contributed by atoms with E-state index in [4.69, 9.17) is 5.41 Å². The van der Waals surface area contributed by atoms with Crippen molar-refractivity contribution in [2.75, 3.05) is 0 Å².